The summed E-state index contributed by atoms with van der Waals surface area (Å²) >= 11 is 4.00. The molecule has 0 atom stereocenters. The van der Waals surface area contributed by atoms with E-state index in [-0.39, 0.29) is 0 Å². The average Bonchev–Trinajstić information content (AvgIpc) is 1.37. The van der Waals surface area contributed by atoms with Gasteiger partial charge in [-0.15, -0.1) is 0 Å². The van der Waals surface area contributed by atoms with Gasteiger partial charge in [0.05, 0.1) is 0 Å². The normalized spacial score (nSPS) is 10.0. The molecule has 0 aromatic rings. The van der Waals surface area contributed by atoms with Crippen molar-refractivity contribution in [3.8, 4) is 0 Å². The topological polar surface area (TPSA) is 0 Å². The van der Waals surface area contributed by atoms with Crippen molar-refractivity contribution in [2.24, 2.45) is 0 Å². The Hall–Kier alpha value is 0.935. The Bertz CT molecular complexity index is 19.2. The molecule has 0 amide bonds. The first-order chi connectivity index (χ1) is 1.91. The Labute approximate surface area is 45.1 Å². The van der Waals surface area contributed by atoms with Crippen LogP contribution in [0.3, 0.4) is 0 Å². The fourth-order valence-electron chi connectivity index (χ4n) is 0. The van der Waals surface area contributed by atoms with Crippen molar-refractivity contribution in [1.29, 1.82) is 0 Å². The zero-order chi connectivity index (χ0) is 3.41. The van der Waals surface area contributed by atoms with Crippen molar-refractivity contribution in [2.75, 3.05) is 0 Å². The van der Waals surface area contributed by atoms with Gasteiger partial charge in [-0.3, -0.25) is 0 Å². The van der Waals surface area contributed by atoms with Gasteiger partial charge in [0.15, 0.2) is 0 Å². The molecule has 0 rings (SSSR count). The molecule has 0 aliphatic heterocycles. The van der Waals surface area contributed by atoms with Crippen molar-refractivity contribution in [1.82, 2.24) is 0 Å². The summed E-state index contributed by atoms with van der Waals surface area (Å²) in [5.74, 6) is 0. The zero-order valence-corrected chi connectivity index (χ0v) is 3.15. The van der Waals surface area contributed by atoms with Crippen LogP contribution in [0, 0.1) is 0 Å². The maximum atomic E-state index is 2.00. The van der Waals surface area contributed by atoms with E-state index in [0.717, 1.165) is 0 Å². The van der Waals surface area contributed by atoms with Gasteiger partial charge in [-0.2, -0.15) is 0 Å². The van der Waals surface area contributed by atoms with E-state index in [0.29, 0.717) is 0 Å². The molecule has 12 valence electrons. The molecule has 0 aliphatic carbocycles. The third-order valence-electron chi connectivity index (χ3n) is 0.333. The van der Waals surface area contributed by atoms with E-state index in [1.165, 1.54) is 0 Å². The number of rotatable bonds is 0. The van der Waals surface area contributed by atoms with Crippen molar-refractivity contribution in [3.05, 3.63) is 9.50 Å². The van der Waals surface area contributed by atoms with E-state index in [9.17, 15) is 0 Å². The van der Waals surface area contributed by atoms with Gasteiger partial charge in [0.25, 0.3) is 0 Å². The SMILES string of the molecule is [Li]/[CH]=[CH]/[Li]. The molecule has 0 fully saturated rings. The predicted octanol–water partition coefficient (Wildman–Crippen LogP) is -0.205. The first kappa shape index (κ1) is 4.93. The molecule has 0 unspecified atom stereocenters. The molecule has 0 spiro atoms. The molecule has 0 saturated carbocycles. The van der Waals surface area contributed by atoms with Crippen LogP contribution < -0.4 is 0 Å². The standard InChI is InChI=1S/C2H2.2Li/c1-2;;/h1-2H;;. The molecule has 0 saturated heterocycles. The van der Waals surface area contributed by atoms with Crippen LogP contribution in [0.4, 0.5) is 0 Å². The molecule has 0 heterocycles. The third-order valence-corrected chi connectivity index (χ3v) is 0.333. The molecular weight excluding hydrogens is 37.9 g/mol. The average molecular weight is 39.9 g/mol. The summed E-state index contributed by atoms with van der Waals surface area (Å²) in [5.41, 5.74) is 0. The van der Waals surface area contributed by atoms with Crippen LogP contribution in [-0.4, -0.2) is 35.4 Å². The van der Waals surface area contributed by atoms with Gasteiger partial charge in [0.2, 0.25) is 0 Å². The van der Waals surface area contributed by atoms with Crippen molar-refractivity contribution >= 4 is 35.4 Å². The summed E-state index contributed by atoms with van der Waals surface area (Å²) < 4.78 is 4.00. The second kappa shape index (κ2) is 3.93. The summed E-state index contributed by atoms with van der Waals surface area (Å²) in [6.07, 6.45) is 0. The van der Waals surface area contributed by atoms with Crippen molar-refractivity contribution < 1.29 is 0 Å². The fraction of sp³-hybridized carbons (Fsp3) is 0. The van der Waals surface area contributed by atoms with Gasteiger partial charge in [0.1, 0.15) is 0 Å². The number of hydrogen-bond donors (Lipinski definition) is 0. The second-order valence-corrected chi connectivity index (χ2v) is 0.667. The van der Waals surface area contributed by atoms with Crippen molar-refractivity contribution in [3.63, 3.8) is 0 Å². The summed E-state index contributed by atoms with van der Waals surface area (Å²) in [7, 11) is 0. The van der Waals surface area contributed by atoms with Gasteiger partial charge in [-0.1, -0.05) is 0 Å². The Morgan fingerprint density at radius 2 is 1.25 bits per heavy atom. The molecule has 0 bridgehead atoms. The Balaban J connectivity index is 2.55. The minimum absolute atomic E-state index is 2.00. The summed E-state index contributed by atoms with van der Waals surface area (Å²) in [4.78, 5) is 0. The second-order valence-electron chi connectivity index (χ2n) is 0.667. The molecule has 0 aromatic heterocycles. The van der Waals surface area contributed by atoms with Gasteiger partial charge in [-0.25, -0.2) is 0 Å². The van der Waals surface area contributed by atoms with Crippen LogP contribution in [0.15, 0.2) is 9.50 Å². The van der Waals surface area contributed by atoms with Gasteiger partial charge in [0, 0.05) is 0 Å². The van der Waals surface area contributed by atoms with E-state index in [1.807, 2.05) is 44.9 Å². The minimum atomic E-state index is 2.00. The van der Waals surface area contributed by atoms with E-state index in [2.05, 4.69) is 0 Å². The van der Waals surface area contributed by atoms with Gasteiger partial charge < -0.3 is 0 Å². The van der Waals surface area contributed by atoms with Crippen LogP contribution in [-0.2, 0) is 0 Å². The Kier molecular flexibility index (Phi) is 4.85. The van der Waals surface area contributed by atoms with Crippen LogP contribution >= 0.6 is 0 Å². The van der Waals surface area contributed by atoms with Crippen LogP contribution in [0.1, 0.15) is 0 Å². The van der Waals surface area contributed by atoms with E-state index in [1.54, 1.807) is 0 Å². The summed E-state index contributed by atoms with van der Waals surface area (Å²) in [6.45, 7) is 0. The molecule has 0 aliphatic rings. The summed E-state index contributed by atoms with van der Waals surface area (Å²) in [5, 5.41) is 0. The molecule has 4 heavy (non-hydrogen) atoms. The molecule has 0 radical (unpaired) electrons. The van der Waals surface area contributed by atoms with Crippen molar-refractivity contribution in [2.45, 2.75) is 0 Å². The fourth-order valence-corrected chi connectivity index (χ4v) is 0. The number of hydrogen-bond acceptors (Lipinski definition) is 0. The molecule has 0 nitrogen and oxygen atoms in total. The van der Waals surface area contributed by atoms with Gasteiger partial charge in [-0.05, 0) is 0 Å². The Morgan fingerprint density at radius 3 is 1.25 bits per heavy atom. The van der Waals surface area contributed by atoms with E-state index in [4.69, 9.17) is 0 Å². The molecule has 0 aromatic carbocycles. The maximum absolute atomic E-state index is 2.00. The van der Waals surface area contributed by atoms with Crippen LogP contribution in [0.2, 0.25) is 0 Å². The molecule has 2 heteroatoms. The van der Waals surface area contributed by atoms with Gasteiger partial charge >= 0.3 is 44.9 Å². The van der Waals surface area contributed by atoms with Crippen LogP contribution in [0.25, 0.3) is 0 Å². The third kappa shape index (κ3) is 2.93. The summed E-state index contributed by atoms with van der Waals surface area (Å²) in [6, 6.07) is 0. The monoisotopic (exact) mass is 40.0 g/mol. The quantitative estimate of drug-likeness (QED) is 0.328. The van der Waals surface area contributed by atoms with Crippen LogP contribution in [0.5, 0.6) is 0 Å². The molecular formula is C2H2Li2. The molecule has 0 N–H and O–H groups in total. The van der Waals surface area contributed by atoms with E-state index >= 15 is 0 Å². The predicted molar refractivity (Wildman–Crippen MR) is 20.6 cm³/mol. The Morgan fingerprint density at radius 1 is 1.00 bits per heavy atom. The first-order valence-corrected chi connectivity index (χ1v) is 1.49. The van der Waals surface area contributed by atoms with E-state index < -0.39 is 0 Å². The zero-order valence-electron chi connectivity index (χ0n) is 3.15. The first-order valence-electron chi connectivity index (χ1n) is 1.49.